The summed E-state index contributed by atoms with van der Waals surface area (Å²) in [6, 6.07) is 44.9. The predicted octanol–water partition coefficient (Wildman–Crippen LogP) is 13.6. The fourth-order valence-corrected chi connectivity index (χ4v) is 8.31. The first-order valence-electron chi connectivity index (χ1n) is 19.0. The van der Waals surface area contributed by atoms with E-state index >= 15 is 0 Å². The molecule has 2 heteroatoms. The zero-order valence-corrected chi connectivity index (χ0v) is 29.6. The summed E-state index contributed by atoms with van der Waals surface area (Å²) in [4.78, 5) is 0. The number of fused-ring (bicyclic) bond motifs is 2. The van der Waals surface area contributed by atoms with Crippen molar-refractivity contribution in [2.24, 2.45) is 0 Å². The van der Waals surface area contributed by atoms with Crippen LogP contribution in [0.4, 0.5) is 0 Å². The van der Waals surface area contributed by atoms with Gasteiger partial charge in [-0.1, -0.05) is 121 Å². The van der Waals surface area contributed by atoms with Crippen LogP contribution in [0.5, 0.6) is 0 Å². The quantitative estimate of drug-likeness (QED) is 0.167. The van der Waals surface area contributed by atoms with Crippen LogP contribution in [0.1, 0.15) is 73.8 Å². The lowest BCUT2D eigenvalue weighted by Crippen LogP contribution is -2.12. The Morgan fingerprint density at radius 3 is 1.90 bits per heavy atom. The highest BCUT2D eigenvalue weighted by molar-refractivity contribution is 5.88. The van der Waals surface area contributed by atoms with Crippen molar-refractivity contribution >= 4 is 16.9 Å². The number of benzene rings is 4. The zero-order chi connectivity index (χ0) is 34.7. The summed E-state index contributed by atoms with van der Waals surface area (Å²) in [6.45, 7) is 0. The Hall–Kier alpha value is -5.73. The van der Waals surface area contributed by atoms with Crippen LogP contribution >= 0.6 is 0 Å². The average Bonchev–Trinajstić information content (AvgIpc) is 3.22. The third-order valence-corrected chi connectivity index (χ3v) is 10.8. The topological polar surface area (TPSA) is 20.5 Å². The van der Waals surface area contributed by atoms with Crippen molar-refractivity contribution in [3.8, 4) is 22.5 Å². The summed E-state index contributed by atoms with van der Waals surface area (Å²) in [5.41, 5.74) is 15.3. The van der Waals surface area contributed by atoms with E-state index in [0.29, 0.717) is 0 Å². The van der Waals surface area contributed by atoms with Crippen LogP contribution in [0.3, 0.4) is 0 Å². The molecule has 2 nitrogen and oxygen atoms in total. The van der Waals surface area contributed by atoms with Crippen molar-refractivity contribution in [3.05, 3.63) is 202 Å². The van der Waals surface area contributed by atoms with Crippen molar-refractivity contribution in [1.82, 2.24) is 0 Å². The Kier molecular flexibility index (Phi) is 8.97. The molecule has 52 heavy (non-hydrogen) atoms. The molecule has 0 saturated heterocycles. The summed E-state index contributed by atoms with van der Waals surface area (Å²) in [6.07, 6.45) is 19.2. The maximum absolute atomic E-state index is 6.86. The molecule has 0 fully saturated rings. The molecule has 0 amide bonds. The molecule has 1 aliphatic heterocycles. The lowest BCUT2D eigenvalue weighted by atomic mass is 9.83. The molecule has 0 bridgehead atoms. The van der Waals surface area contributed by atoms with Crippen LogP contribution in [0.15, 0.2) is 184 Å². The first kappa shape index (κ1) is 32.2. The second kappa shape index (κ2) is 14.5. The highest BCUT2D eigenvalue weighted by Crippen LogP contribution is 2.45. The third-order valence-electron chi connectivity index (χ3n) is 10.8. The van der Waals surface area contributed by atoms with Gasteiger partial charge in [0.05, 0.1) is 22.8 Å². The minimum atomic E-state index is 0.921. The van der Waals surface area contributed by atoms with Gasteiger partial charge in [-0.05, 0) is 115 Å². The van der Waals surface area contributed by atoms with Crippen LogP contribution in [0.25, 0.3) is 39.4 Å². The standard InChI is InChI=1S/C50H43O2/c1-5-18-37(19-6-1)45-33-47(39-22-9-3-10-23-39)51-49-41(26-14-28-43(45)49)31-35-16-13-17-36(30-35)32-42-27-15-29-44-46(38-20-7-2-8-21-38)34-48(52-50(42)44)40-24-11-4-12-25-40/h1-12,18-25,30-34H,13-17,26-29H2/q+1. The van der Waals surface area contributed by atoms with Gasteiger partial charge in [0.1, 0.15) is 11.5 Å². The van der Waals surface area contributed by atoms with E-state index in [0.717, 1.165) is 92.0 Å². The molecular formula is C50H43O2+. The molecule has 4 aliphatic rings. The van der Waals surface area contributed by atoms with Gasteiger partial charge in [-0.15, -0.1) is 0 Å². The molecule has 0 spiro atoms. The first-order valence-corrected chi connectivity index (χ1v) is 19.0. The van der Waals surface area contributed by atoms with Gasteiger partial charge < -0.3 is 4.74 Å². The first-order chi connectivity index (χ1) is 25.8. The fraction of sp³-hybridized carbons (Fsp3) is 0.180. The molecule has 0 radical (unpaired) electrons. The molecule has 0 saturated carbocycles. The van der Waals surface area contributed by atoms with Crippen molar-refractivity contribution in [3.63, 3.8) is 0 Å². The van der Waals surface area contributed by atoms with Crippen molar-refractivity contribution in [1.29, 1.82) is 0 Å². The molecular weight excluding hydrogens is 633 g/mol. The smallest absolute Gasteiger partial charge is 0.361 e. The van der Waals surface area contributed by atoms with Gasteiger partial charge in [0.15, 0.2) is 0 Å². The van der Waals surface area contributed by atoms with E-state index in [1.165, 1.54) is 55.7 Å². The van der Waals surface area contributed by atoms with Gasteiger partial charge in [0, 0.05) is 16.7 Å². The van der Waals surface area contributed by atoms with E-state index in [2.05, 4.69) is 152 Å². The number of hydrogen-bond donors (Lipinski definition) is 0. The summed E-state index contributed by atoms with van der Waals surface area (Å²) >= 11 is 0. The van der Waals surface area contributed by atoms with E-state index in [1.807, 2.05) is 0 Å². The fourth-order valence-electron chi connectivity index (χ4n) is 8.31. The Bertz CT molecular complexity index is 2300. The van der Waals surface area contributed by atoms with E-state index in [9.17, 15) is 0 Å². The molecule has 254 valence electrons. The minimum Gasteiger partial charge on any atom is -0.456 e. The van der Waals surface area contributed by atoms with Gasteiger partial charge in [-0.25, -0.2) is 4.42 Å². The number of allylic oxidation sites excluding steroid dienone is 10. The molecule has 3 aliphatic carbocycles. The molecule has 5 aromatic rings. The maximum atomic E-state index is 6.86. The van der Waals surface area contributed by atoms with Crippen LogP contribution in [0.2, 0.25) is 0 Å². The van der Waals surface area contributed by atoms with Gasteiger partial charge in [-0.2, -0.15) is 0 Å². The van der Waals surface area contributed by atoms with Gasteiger partial charge in [0.2, 0.25) is 0 Å². The van der Waals surface area contributed by atoms with E-state index < -0.39 is 0 Å². The molecule has 0 N–H and O–H groups in total. The van der Waals surface area contributed by atoms with Crippen molar-refractivity contribution in [2.75, 3.05) is 0 Å². The summed E-state index contributed by atoms with van der Waals surface area (Å²) in [5, 5.41) is 0. The van der Waals surface area contributed by atoms with Crippen LogP contribution in [-0.2, 0) is 11.2 Å². The van der Waals surface area contributed by atoms with Crippen molar-refractivity contribution in [2.45, 2.75) is 57.8 Å². The van der Waals surface area contributed by atoms with Gasteiger partial charge in [0.25, 0.3) is 0 Å². The van der Waals surface area contributed by atoms with E-state index in [-0.39, 0.29) is 0 Å². The lowest BCUT2D eigenvalue weighted by Gasteiger charge is -2.29. The highest BCUT2D eigenvalue weighted by Gasteiger charge is 2.32. The van der Waals surface area contributed by atoms with Gasteiger partial charge in [-0.3, -0.25) is 0 Å². The normalized spacial score (nSPS) is 18.8. The van der Waals surface area contributed by atoms with Crippen LogP contribution in [0, 0.1) is 0 Å². The zero-order valence-electron chi connectivity index (χ0n) is 29.6. The molecule has 1 aromatic heterocycles. The van der Waals surface area contributed by atoms with E-state index in [1.54, 1.807) is 0 Å². The summed E-state index contributed by atoms with van der Waals surface area (Å²) in [5.74, 6) is 3.95. The average molecular weight is 676 g/mol. The Morgan fingerprint density at radius 1 is 0.538 bits per heavy atom. The number of ether oxygens (including phenoxy) is 1. The molecule has 4 aromatic carbocycles. The van der Waals surface area contributed by atoms with Crippen LogP contribution < -0.4 is 0 Å². The summed E-state index contributed by atoms with van der Waals surface area (Å²) in [7, 11) is 0. The Balaban J connectivity index is 1.11. The maximum Gasteiger partial charge on any atom is 0.361 e. The van der Waals surface area contributed by atoms with Gasteiger partial charge >= 0.3 is 11.5 Å². The molecule has 2 heterocycles. The molecule has 0 atom stereocenters. The second-order valence-corrected chi connectivity index (χ2v) is 14.3. The summed E-state index contributed by atoms with van der Waals surface area (Å²) < 4.78 is 13.7. The lowest BCUT2D eigenvalue weighted by molar-refractivity contribution is 0.372. The van der Waals surface area contributed by atoms with Crippen LogP contribution in [-0.4, -0.2) is 0 Å². The SMILES string of the molecule is C1=C(C=C2CCCc3c(-c4ccccc4)cc(-c4ccccc4)[o+]c32)CCC/C1=C\C1=C2OC(c3ccccc3)=CC(c3ccccc3)=C2CCC1. The highest BCUT2D eigenvalue weighted by atomic mass is 16.5. The molecule has 0 unspecified atom stereocenters. The minimum absolute atomic E-state index is 0.921. The Labute approximate surface area is 307 Å². The largest absolute Gasteiger partial charge is 0.456 e. The monoisotopic (exact) mass is 675 g/mol. The third kappa shape index (κ3) is 6.58. The van der Waals surface area contributed by atoms with Crippen molar-refractivity contribution < 1.29 is 9.15 Å². The second-order valence-electron chi connectivity index (χ2n) is 14.3. The van der Waals surface area contributed by atoms with E-state index in [4.69, 9.17) is 9.15 Å². The Morgan fingerprint density at radius 2 is 1.17 bits per heavy atom. The molecule has 9 rings (SSSR count). The number of hydrogen-bond acceptors (Lipinski definition) is 1. The number of rotatable bonds is 6. The predicted molar refractivity (Wildman–Crippen MR) is 215 cm³/mol.